The molecule has 0 saturated heterocycles. The summed E-state index contributed by atoms with van der Waals surface area (Å²) in [6, 6.07) is -0.637. The average Bonchev–Trinajstić information content (AvgIpc) is 3.38. The molecule has 0 bridgehead atoms. The highest BCUT2D eigenvalue weighted by atomic mass is 16.5. The van der Waals surface area contributed by atoms with Crippen molar-refractivity contribution in [3.05, 3.63) is 48.6 Å². The van der Waals surface area contributed by atoms with Crippen LogP contribution in [0, 0.1) is 0 Å². The van der Waals surface area contributed by atoms with Crippen molar-refractivity contribution in [3.63, 3.8) is 0 Å². The summed E-state index contributed by atoms with van der Waals surface area (Å²) in [7, 11) is 0. The molecule has 0 radical (unpaired) electrons. The third-order valence-corrected chi connectivity index (χ3v) is 14.6. The SMILES string of the molecule is CCCCCCCC/C=C\CCCCCCCCCC(=O)OCCCCC/C=C\C=C/CCCCCCCCCCCCC(=O)NC(CO)C(O)/C=C/CCCCCCCCCCCCCCCCCCC. The van der Waals surface area contributed by atoms with Gasteiger partial charge >= 0.3 is 5.97 Å². The second kappa shape index (κ2) is 61.4. The highest BCUT2D eigenvalue weighted by molar-refractivity contribution is 5.76. The zero-order chi connectivity index (χ0) is 52.2. The lowest BCUT2D eigenvalue weighted by Gasteiger charge is -2.20. The van der Waals surface area contributed by atoms with E-state index in [0.717, 1.165) is 77.0 Å². The number of amides is 1. The number of esters is 1. The predicted octanol–water partition coefficient (Wildman–Crippen LogP) is 20.1. The van der Waals surface area contributed by atoms with Gasteiger partial charge in [0, 0.05) is 12.8 Å². The van der Waals surface area contributed by atoms with Crippen molar-refractivity contribution in [2.45, 2.75) is 347 Å². The Bertz CT molecular complexity index is 1210. The van der Waals surface area contributed by atoms with E-state index in [2.05, 4.69) is 55.6 Å². The largest absolute Gasteiger partial charge is 0.466 e. The molecule has 0 aliphatic carbocycles. The Balaban J connectivity index is 3.50. The monoisotopic (exact) mass is 1010 g/mol. The molecule has 0 aromatic rings. The molecule has 0 rings (SSSR count). The third kappa shape index (κ3) is 57.1. The number of ether oxygens (including phenoxy) is 1. The number of carbonyl (C=O) groups excluding carboxylic acids is 2. The normalized spacial score (nSPS) is 12.9. The van der Waals surface area contributed by atoms with Crippen LogP contribution in [0.4, 0.5) is 0 Å². The molecule has 0 heterocycles. The van der Waals surface area contributed by atoms with Crippen LogP contribution in [0.2, 0.25) is 0 Å². The van der Waals surface area contributed by atoms with Gasteiger partial charge in [0.1, 0.15) is 0 Å². The Morgan fingerprint density at radius 1 is 0.389 bits per heavy atom. The molecule has 6 heteroatoms. The van der Waals surface area contributed by atoms with Crippen LogP contribution in [0.5, 0.6) is 0 Å². The molecule has 0 saturated carbocycles. The Kier molecular flexibility index (Phi) is 59.5. The van der Waals surface area contributed by atoms with Gasteiger partial charge in [-0.1, -0.05) is 281 Å². The Labute approximate surface area is 448 Å². The summed E-state index contributed by atoms with van der Waals surface area (Å²) in [5, 5.41) is 23.2. The van der Waals surface area contributed by atoms with Crippen LogP contribution in [0.15, 0.2) is 48.6 Å². The minimum atomic E-state index is -0.853. The number of carbonyl (C=O) groups is 2. The van der Waals surface area contributed by atoms with Gasteiger partial charge in [0.25, 0.3) is 0 Å². The lowest BCUT2D eigenvalue weighted by Crippen LogP contribution is -2.45. The van der Waals surface area contributed by atoms with Gasteiger partial charge in [0.05, 0.1) is 25.4 Å². The summed E-state index contributed by atoms with van der Waals surface area (Å²) in [4.78, 5) is 24.6. The molecule has 2 atom stereocenters. The summed E-state index contributed by atoms with van der Waals surface area (Å²) in [5.41, 5.74) is 0. The first kappa shape index (κ1) is 69.8. The molecular weight excluding hydrogens is 887 g/mol. The molecule has 0 aliphatic rings. The first-order valence-electron chi connectivity index (χ1n) is 31.9. The van der Waals surface area contributed by atoms with Gasteiger partial charge in [-0.3, -0.25) is 9.59 Å². The topological polar surface area (TPSA) is 95.9 Å². The Morgan fingerprint density at radius 2 is 0.694 bits per heavy atom. The highest BCUT2D eigenvalue weighted by Gasteiger charge is 2.18. The molecule has 0 spiro atoms. The first-order chi connectivity index (χ1) is 35.5. The van der Waals surface area contributed by atoms with Crippen LogP contribution in [0.3, 0.4) is 0 Å². The minimum absolute atomic E-state index is 0.0174. The van der Waals surface area contributed by atoms with E-state index in [1.807, 2.05) is 6.08 Å². The van der Waals surface area contributed by atoms with E-state index in [4.69, 9.17) is 4.74 Å². The number of allylic oxidation sites excluding steroid dienone is 7. The van der Waals surface area contributed by atoms with Gasteiger partial charge in [0.15, 0.2) is 0 Å². The van der Waals surface area contributed by atoms with Crippen molar-refractivity contribution in [1.29, 1.82) is 0 Å². The summed E-state index contributed by atoms with van der Waals surface area (Å²) >= 11 is 0. The lowest BCUT2D eigenvalue weighted by molar-refractivity contribution is -0.143. The summed E-state index contributed by atoms with van der Waals surface area (Å²) in [6.07, 6.45) is 78.7. The third-order valence-electron chi connectivity index (χ3n) is 14.6. The van der Waals surface area contributed by atoms with E-state index >= 15 is 0 Å². The summed E-state index contributed by atoms with van der Waals surface area (Å²) in [5.74, 6) is -0.0937. The fourth-order valence-electron chi connectivity index (χ4n) is 9.68. The van der Waals surface area contributed by atoms with Gasteiger partial charge in [-0.15, -0.1) is 0 Å². The van der Waals surface area contributed by atoms with E-state index in [1.54, 1.807) is 6.08 Å². The highest BCUT2D eigenvalue weighted by Crippen LogP contribution is 2.17. The summed E-state index contributed by atoms with van der Waals surface area (Å²) in [6.45, 7) is 4.87. The maximum atomic E-state index is 12.5. The van der Waals surface area contributed by atoms with Crippen molar-refractivity contribution in [1.82, 2.24) is 5.32 Å². The molecule has 0 aromatic carbocycles. The zero-order valence-corrected chi connectivity index (χ0v) is 48.2. The van der Waals surface area contributed by atoms with Gasteiger partial charge < -0.3 is 20.3 Å². The number of rotatable bonds is 59. The summed E-state index contributed by atoms with van der Waals surface area (Å²) < 4.78 is 5.46. The standard InChI is InChI=1S/C66H123NO5/c1-3-5-7-9-11-13-15-17-19-21-23-27-30-34-38-42-46-50-54-58-64(69)63(62-68)67-65(70)59-55-51-47-43-39-35-31-28-24-22-25-29-33-37-41-45-49-53-57-61-72-66(71)60-56-52-48-44-40-36-32-26-20-18-16-14-12-10-8-6-4-2/h18,20,29,33,37,41,54,58,63-64,68-69H,3-17,19,21-28,30-32,34-36,38-40,42-53,55-57,59-62H2,1-2H3,(H,67,70)/b20-18-,33-29-,41-37-,58-54+. The van der Waals surface area contributed by atoms with Crippen LogP contribution in [0.1, 0.15) is 335 Å². The van der Waals surface area contributed by atoms with Crippen LogP contribution in [0.25, 0.3) is 0 Å². The van der Waals surface area contributed by atoms with Gasteiger partial charge in [-0.2, -0.15) is 0 Å². The molecule has 0 aromatic heterocycles. The van der Waals surface area contributed by atoms with Gasteiger partial charge in [-0.25, -0.2) is 0 Å². The smallest absolute Gasteiger partial charge is 0.305 e. The second-order valence-electron chi connectivity index (χ2n) is 21.8. The fourth-order valence-corrected chi connectivity index (χ4v) is 9.68. The van der Waals surface area contributed by atoms with Crippen molar-refractivity contribution in [2.24, 2.45) is 0 Å². The van der Waals surface area contributed by atoms with E-state index in [-0.39, 0.29) is 18.5 Å². The molecule has 6 nitrogen and oxygen atoms in total. The second-order valence-corrected chi connectivity index (χ2v) is 21.8. The van der Waals surface area contributed by atoms with Crippen LogP contribution in [-0.2, 0) is 14.3 Å². The lowest BCUT2D eigenvalue weighted by atomic mass is 10.0. The molecule has 422 valence electrons. The molecule has 72 heavy (non-hydrogen) atoms. The number of aliphatic hydroxyl groups is 2. The van der Waals surface area contributed by atoms with Crippen molar-refractivity contribution < 1.29 is 24.5 Å². The number of aliphatic hydroxyl groups excluding tert-OH is 2. The number of nitrogens with one attached hydrogen (secondary N) is 1. The van der Waals surface area contributed by atoms with Gasteiger partial charge in [0.2, 0.25) is 5.91 Å². The zero-order valence-electron chi connectivity index (χ0n) is 48.2. The maximum Gasteiger partial charge on any atom is 0.305 e. The van der Waals surface area contributed by atoms with E-state index in [9.17, 15) is 19.8 Å². The van der Waals surface area contributed by atoms with E-state index < -0.39 is 12.1 Å². The first-order valence-corrected chi connectivity index (χ1v) is 31.9. The number of hydrogen-bond donors (Lipinski definition) is 3. The van der Waals surface area contributed by atoms with E-state index in [0.29, 0.717) is 19.4 Å². The maximum absolute atomic E-state index is 12.5. The Morgan fingerprint density at radius 3 is 1.07 bits per heavy atom. The molecule has 2 unspecified atom stereocenters. The fraction of sp³-hybridized carbons (Fsp3) is 0.848. The number of unbranched alkanes of at least 4 members (excludes halogenated alkanes) is 43. The predicted molar refractivity (Wildman–Crippen MR) is 315 cm³/mol. The Hall–Kier alpha value is -2.18. The van der Waals surface area contributed by atoms with Crippen molar-refractivity contribution >= 4 is 11.9 Å². The average molecular weight is 1010 g/mol. The molecule has 0 fully saturated rings. The molecule has 3 N–H and O–H groups in total. The minimum Gasteiger partial charge on any atom is -0.466 e. The molecular formula is C66H123NO5. The number of hydrogen-bond acceptors (Lipinski definition) is 5. The van der Waals surface area contributed by atoms with Crippen LogP contribution in [-0.4, -0.2) is 47.4 Å². The van der Waals surface area contributed by atoms with E-state index in [1.165, 1.54) is 231 Å². The van der Waals surface area contributed by atoms with Gasteiger partial charge in [-0.05, 0) is 89.9 Å². The quantitative estimate of drug-likeness (QED) is 0.0244. The van der Waals surface area contributed by atoms with Crippen molar-refractivity contribution in [3.8, 4) is 0 Å². The molecule has 0 aliphatic heterocycles. The van der Waals surface area contributed by atoms with Crippen LogP contribution >= 0.6 is 0 Å². The van der Waals surface area contributed by atoms with Crippen molar-refractivity contribution in [2.75, 3.05) is 13.2 Å². The molecule has 1 amide bonds. The van der Waals surface area contributed by atoms with Crippen LogP contribution < -0.4 is 5.32 Å².